The van der Waals surface area contributed by atoms with Crippen molar-refractivity contribution in [3.63, 3.8) is 0 Å². The molecular weight excluding hydrogens is 326 g/mol. The quantitative estimate of drug-likeness (QED) is 0.831. The Morgan fingerprint density at radius 1 is 1.33 bits per heavy atom. The van der Waals surface area contributed by atoms with Crippen molar-refractivity contribution in [2.45, 2.75) is 51.2 Å². The fourth-order valence-electron chi connectivity index (χ4n) is 4.24. The molecule has 2 atom stereocenters. The van der Waals surface area contributed by atoms with E-state index >= 15 is 0 Å². The minimum atomic E-state index is 0.0487. The van der Waals surface area contributed by atoms with Crippen molar-refractivity contribution in [1.82, 2.24) is 14.8 Å². The minimum absolute atomic E-state index is 0.0487. The molecule has 0 unspecified atom stereocenters. The number of fused-ring (bicyclic) bond motifs is 1. The first-order valence-corrected chi connectivity index (χ1v) is 9.60. The van der Waals surface area contributed by atoms with E-state index in [2.05, 4.69) is 4.98 Å². The van der Waals surface area contributed by atoms with Crippen molar-refractivity contribution in [2.24, 2.45) is 5.92 Å². The van der Waals surface area contributed by atoms with Crippen molar-refractivity contribution in [3.8, 4) is 0 Å². The molecule has 24 heavy (non-hydrogen) atoms. The van der Waals surface area contributed by atoms with Gasteiger partial charge in [-0.15, -0.1) is 11.3 Å². The van der Waals surface area contributed by atoms with Gasteiger partial charge in [0.2, 0.25) is 11.8 Å². The van der Waals surface area contributed by atoms with Gasteiger partial charge >= 0.3 is 0 Å². The maximum atomic E-state index is 12.8. The van der Waals surface area contributed by atoms with Crippen LogP contribution in [0.1, 0.15) is 36.4 Å². The van der Waals surface area contributed by atoms with Crippen molar-refractivity contribution < 1.29 is 14.3 Å². The molecule has 7 heteroatoms. The molecule has 3 fully saturated rings. The smallest absolute Gasteiger partial charge is 0.226 e. The van der Waals surface area contributed by atoms with Gasteiger partial charge < -0.3 is 14.5 Å². The van der Waals surface area contributed by atoms with E-state index in [4.69, 9.17) is 4.74 Å². The first-order chi connectivity index (χ1) is 11.6. The number of nitrogens with zero attached hydrogens (tertiary/aromatic N) is 3. The maximum absolute atomic E-state index is 12.8. The Labute approximate surface area is 145 Å². The van der Waals surface area contributed by atoms with E-state index in [0.29, 0.717) is 26.2 Å². The van der Waals surface area contributed by atoms with E-state index in [9.17, 15) is 9.59 Å². The highest BCUT2D eigenvalue weighted by Crippen LogP contribution is 2.35. The highest BCUT2D eigenvalue weighted by Gasteiger charge is 2.49. The van der Waals surface area contributed by atoms with Gasteiger partial charge in [-0.05, 0) is 26.2 Å². The first kappa shape index (κ1) is 16.0. The molecule has 0 spiro atoms. The summed E-state index contributed by atoms with van der Waals surface area (Å²) < 4.78 is 5.36. The largest absolute Gasteiger partial charge is 0.381 e. The molecule has 1 aromatic rings. The Morgan fingerprint density at radius 3 is 2.83 bits per heavy atom. The molecule has 130 valence electrons. The van der Waals surface area contributed by atoms with Crippen molar-refractivity contribution in [3.05, 3.63) is 16.1 Å². The van der Waals surface area contributed by atoms with Crippen LogP contribution in [0.25, 0.3) is 0 Å². The molecule has 3 aliphatic heterocycles. The number of thiazole rings is 1. The van der Waals surface area contributed by atoms with Gasteiger partial charge in [0.05, 0.1) is 29.3 Å². The maximum Gasteiger partial charge on any atom is 0.226 e. The molecule has 0 N–H and O–H groups in total. The number of carbonyl (C=O) groups excluding carboxylic acids is 2. The van der Waals surface area contributed by atoms with Crippen molar-refractivity contribution >= 4 is 23.2 Å². The predicted molar refractivity (Wildman–Crippen MR) is 89.5 cm³/mol. The number of hydrogen-bond donors (Lipinski definition) is 0. The third-order valence-corrected chi connectivity index (χ3v) is 6.29. The van der Waals surface area contributed by atoms with Gasteiger partial charge in [0, 0.05) is 37.5 Å². The van der Waals surface area contributed by atoms with Crippen LogP contribution in [0, 0.1) is 12.8 Å². The summed E-state index contributed by atoms with van der Waals surface area (Å²) in [6, 6.07) is 0.205. The summed E-state index contributed by atoms with van der Waals surface area (Å²) in [5, 5.41) is 3.05. The molecule has 0 aromatic carbocycles. The van der Waals surface area contributed by atoms with Gasteiger partial charge in [-0.25, -0.2) is 4.98 Å². The Balaban J connectivity index is 1.45. The zero-order chi connectivity index (χ0) is 16.7. The average molecular weight is 349 g/mol. The summed E-state index contributed by atoms with van der Waals surface area (Å²) in [6.45, 7) is 4.67. The van der Waals surface area contributed by atoms with Crippen LogP contribution in [-0.4, -0.2) is 58.4 Å². The zero-order valence-corrected chi connectivity index (χ0v) is 14.8. The molecule has 6 nitrogen and oxygen atoms in total. The molecule has 2 amide bonds. The summed E-state index contributed by atoms with van der Waals surface area (Å²) in [5.74, 6) is 0.452. The summed E-state index contributed by atoms with van der Waals surface area (Å²) in [4.78, 5) is 33.7. The Hall–Kier alpha value is -1.47. The molecular formula is C17H23N3O3S. The molecule has 0 saturated carbocycles. The molecule has 4 heterocycles. The highest BCUT2D eigenvalue weighted by atomic mass is 32.1. The van der Waals surface area contributed by atoms with Crippen LogP contribution < -0.4 is 0 Å². The summed E-state index contributed by atoms with van der Waals surface area (Å²) in [5.41, 5.74) is 0.959. The standard InChI is InChI=1S/C17H23N3O3S/c1-11-18-13(10-24-11)9-20-14-2-5-19(15(14)8-16(20)21)17(22)12-3-6-23-7-4-12/h10,12,14-15H,2-9H2,1H3/t14-,15+/m1/s1. The van der Waals surface area contributed by atoms with Crippen LogP contribution in [0.15, 0.2) is 5.38 Å². The van der Waals surface area contributed by atoms with Gasteiger partial charge in [-0.2, -0.15) is 0 Å². The lowest BCUT2D eigenvalue weighted by molar-refractivity contribution is -0.139. The second-order valence-corrected chi connectivity index (χ2v) is 7.99. The molecule has 3 aliphatic rings. The van der Waals surface area contributed by atoms with Gasteiger partial charge in [0.1, 0.15) is 0 Å². The van der Waals surface area contributed by atoms with E-state index < -0.39 is 0 Å². The van der Waals surface area contributed by atoms with E-state index in [0.717, 1.165) is 36.5 Å². The van der Waals surface area contributed by atoms with Gasteiger partial charge in [-0.3, -0.25) is 9.59 Å². The summed E-state index contributed by atoms with van der Waals surface area (Å²) >= 11 is 1.61. The van der Waals surface area contributed by atoms with Crippen LogP contribution >= 0.6 is 11.3 Å². The average Bonchev–Trinajstić information content (AvgIpc) is 3.26. The van der Waals surface area contributed by atoms with Crippen molar-refractivity contribution in [2.75, 3.05) is 19.8 Å². The molecule has 0 radical (unpaired) electrons. The summed E-state index contributed by atoms with van der Waals surface area (Å²) in [6.07, 6.45) is 2.96. The van der Waals surface area contributed by atoms with Crippen molar-refractivity contribution in [1.29, 1.82) is 0 Å². The number of likely N-dealkylation sites (tertiary alicyclic amines) is 2. The number of ether oxygens (including phenoxy) is 1. The second kappa shape index (κ2) is 6.44. The molecule has 4 rings (SSSR count). The van der Waals surface area contributed by atoms with Crippen LogP contribution in [0.3, 0.4) is 0 Å². The highest BCUT2D eigenvalue weighted by molar-refractivity contribution is 7.09. The van der Waals surface area contributed by atoms with E-state index in [1.807, 2.05) is 22.1 Å². The Bertz CT molecular complexity index is 641. The monoisotopic (exact) mass is 349 g/mol. The molecule has 0 bridgehead atoms. The van der Waals surface area contributed by atoms with Crippen LogP contribution in [0.5, 0.6) is 0 Å². The number of carbonyl (C=O) groups is 2. The third kappa shape index (κ3) is 2.84. The minimum Gasteiger partial charge on any atom is -0.381 e. The second-order valence-electron chi connectivity index (χ2n) is 6.93. The Morgan fingerprint density at radius 2 is 2.12 bits per heavy atom. The summed E-state index contributed by atoms with van der Waals surface area (Å²) in [7, 11) is 0. The number of aromatic nitrogens is 1. The zero-order valence-electron chi connectivity index (χ0n) is 13.9. The van der Waals surface area contributed by atoms with Crippen LogP contribution in [0.4, 0.5) is 0 Å². The van der Waals surface area contributed by atoms with Gasteiger partial charge in [0.15, 0.2) is 0 Å². The predicted octanol–water partition coefficient (Wildman–Crippen LogP) is 1.58. The number of rotatable bonds is 3. The van der Waals surface area contributed by atoms with Crippen LogP contribution in [-0.2, 0) is 20.9 Å². The third-order valence-electron chi connectivity index (χ3n) is 5.47. The SMILES string of the molecule is Cc1nc(CN2C(=O)C[C@H]3[C@H]2CCN3C(=O)C2CCOCC2)cs1. The fraction of sp³-hybridized carbons (Fsp3) is 0.706. The topological polar surface area (TPSA) is 62.7 Å². The normalized spacial score (nSPS) is 27.8. The van der Waals surface area contributed by atoms with E-state index in [-0.39, 0.29) is 29.8 Å². The lowest BCUT2D eigenvalue weighted by Gasteiger charge is -2.30. The van der Waals surface area contributed by atoms with Crippen LogP contribution in [0.2, 0.25) is 0 Å². The first-order valence-electron chi connectivity index (χ1n) is 8.72. The molecule has 1 aromatic heterocycles. The van der Waals surface area contributed by atoms with E-state index in [1.165, 1.54) is 0 Å². The molecule has 3 saturated heterocycles. The number of amides is 2. The van der Waals surface area contributed by atoms with Gasteiger partial charge in [0.25, 0.3) is 0 Å². The number of aryl methyl sites for hydroxylation is 1. The number of hydrogen-bond acceptors (Lipinski definition) is 5. The lowest BCUT2D eigenvalue weighted by atomic mass is 9.98. The Kier molecular flexibility index (Phi) is 4.30. The fourth-order valence-corrected chi connectivity index (χ4v) is 4.85. The van der Waals surface area contributed by atoms with E-state index in [1.54, 1.807) is 11.3 Å². The van der Waals surface area contributed by atoms with Gasteiger partial charge in [-0.1, -0.05) is 0 Å². The molecule has 0 aliphatic carbocycles. The lowest BCUT2D eigenvalue weighted by Crippen LogP contribution is -2.43.